The molecule has 638 valence electrons. The Hall–Kier alpha value is -13.7. The van der Waals surface area contributed by atoms with Gasteiger partial charge in [-0.1, -0.05) is 305 Å². The van der Waals surface area contributed by atoms with Crippen LogP contribution in [0.3, 0.4) is 0 Å². The van der Waals surface area contributed by atoms with Crippen molar-refractivity contribution < 1.29 is 19.1 Å². The maximum Gasteiger partial charge on any atom is 0.407 e. The maximum absolute atomic E-state index is 13.0. The molecule has 18 rings (SSSR count). The van der Waals surface area contributed by atoms with E-state index in [1.165, 1.54) is 85.6 Å². The second kappa shape index (κ2) is 46.5. The molecule has 20 nitrogen and oxygen atoms in total. The van der Waals surface area contributed by atoms with Crippen molar-refractivity contribution in [2.45, 2.75) is 167 Å². The normalized spacial score (nSPS) is 18.0. The third-order valence-corrected chi connectivity index (χ3v) is 23.2. The minimum Gasteiger partial charge on any atom is -0.446 e. The zero-order valence-electron chi connectivity index (χ0n) is 71.5. The molecular weight excluding hydrogens is 1550 g/mol. The number of fused-ring (bicyclic) bond motifs is 3. The minimum absolute atomic E-state index is 0. The van der Waals surface area contributed by atoms with Crippen LogP contribution >= 0.6 is 0 Å². The molecule has 1 saturated carbocycles. The maximum atomic E-state index is 13.0. The van der Waals surface area contributed by atoms with Crippen LogP contribution in [-0.4, -0.2) is 77.8 Å². The van der Waals surface area contributed by atoms with E-state index in [2.05, 4.69) is 136 Å². The highest BCUT2D eigenvalue weighted by Gasteiger charge is 2.43. The number of alkyl carbamates (subject to hydrolysis) is 2. The molecule has 2 amide bonds. The van der Waals surface area contributed by atoms with E-state index in [0.717, 1.165) is 173 Å². The SMILES string of the molecule is Cc1ccc(-c2nnc(-c3ccccc3)nn2)cc1.N.Nc1ccc(-c2nnc(-c3ccccc3)c3c2CCCCCC3)cc1.Nc1ccc(C2=NN=C(c3ccccc3)C3CCCCCC(OC(=O)NCc4ccccc4)C23)cc1.Nc1ccc(C2=NN=C(c3ccccc3)C3CCCCCC=C23)cc1.O=C(NCc1ccccc1)OC1/C=C/CCCCC1. The Morgan fingerprint density at radius 1 is 0.368 bits per heavy atom. The van der Waals surface area contributed by atoms with E-state index in [9.17, 15) is 9.59 Å². The Labute approximate surface area is 734 Å². The Balaban J connectivity index is 0.000000137. The number of aryl methyl sites for hydroxylation is 1. The van der Waals surface area contributed by atoms with Gasteiger partial charge in [0.25, 0.3) is 0 Å². The summed E-state index contributed by atoms with van der Waals surface area (Å²) in [5.41, 5.74) is 41.8. The summed E-state index contributed by atoms with van der Waals surface area (Å²) in [5, 5.41) is 50.3. The summed E-state index contributed by atoms with van der Waals surface area (Å²) in [7, 11) is 0. The van der Waals surface area contributed by atoms with Gasteiger partial charge in [-0.25, -0.2) is 9.59 Å². The molecule has 5 atom stereocenters. The molecule has 2 aromatic heterocycles. The monoisotopic (exact) mass is 1660 g/mol. The van der Waals surface area contributed by atoms with E-state index in [1.54, 1.807) is 0 Å². The van der Waals surface area contributed by atoms with E-state index in [4.69, 9.17) is 36.9 Å². The molecule has 0 bridgehead atoms. The molecule has 0 saturated heterocycles. The summed E-state index contributed by atoms with van der Waals surface area (Å²) in [6.07, 6.45) is 29.2. The molecule has 4 heterocycles. The summed E-state index contributed by atoms with van der Waals surface area (Å²) < 4.78 is 11.6. The van der Waals surface area contributed by atoms with Gasteiger partial charge in [0.05, 0.1) is 34.2 Å². The van der Waals surface area contributed by atoms with Crippen LogP contribution in [0.1, 0.15) is 172 Å². The fraction of sp³-hybridized carbons (Fsp3) is 0.276. The molecule has 20 heteroatoms. The average Bonchev–Trinajstić information content (AvgIpc) is 0.779. The van der Waals surface area contributed by atoms with Crippen LogP contribution in [-0.2, 0) is 35.4 Å². The van der Waals surface area contributed by atoms with Gasteiger partial charge in [-0.3, -0.25) is 0 Å². The first-order valence-electron chi connectivity index (χ1n) is 44.0. The molecule has 0 spiro atoms. The number of carbonyl (C=O) groups is 2. The number of allylic oxidation sites excluding steroid dienone is 3. The summed E-state index contributed by atoms with van der Waals surface area (Å²) >= 11 is 0. The number of rotatable bonds is 14. The van der Waals surface area contributed by atoms with Gasteiger partial charge in [0, 0.05) is 75.7 Å². The number of carbonyl (C=O) groups excluding carboxylic acids is 2. The lowest BCUT2D eigenvalue weighted by atomic mass is 9.71. The predicted molar refractivity (Wildman–Crippen MR) is 506 cm³/mol. The number of ether oxygens (including phenoxy) is 2. The molecule has 11 N–H and O–H groups in total. The van der Waals surface area contributed by atoms with Gasteiger partial charge in [0.1, 0.15) is 12.2 Å². The van der Waals surface area contributed by atoms with Gasteiger partial charge in [-0.15, -0.1) is 35.7 Å². The Bertz CT molecular complexity index is 5570. The number of nitrogens with two attached hydrogens (primary N) is 3. The lowest BCUT2D eigenvalue weighted by Crippen LogP contribution is -2.45. The molecule has 125 heavy (non-hydrogen) atoms. The van der Waals surface area contributed by atoms with Crippen molar-refractivity contribution in [1.82, 2.24) is 47.4 Å². The van der Waals surface area contributed by atoms with Crippen molar-refractivity contribution in [3.05, 3.63) is 353 Å². The number of hydrogen-bond acceptors (Lipinski definition) is 18. The highest BCUT2D eigenvalue weighted by atomic mass is 16.6. The summed E-state index contributed by atoms with van der Waals surface area (Å²) in [5.74, 6) is 1.41. The van der Waals surface area contributed by atoms with E-state index in [0.29, 0.717) is 36.3 Å². The first kappa shape index (κ1) is 89.0. The molecule has 0 radical (unpaired) electrons. The number of anilines is 3. The van der Waals surface area contributed by atoms with E-state index >= 15 is 0 Å². The van der Waals surface area contributed by atoms with Crippen LogP contribution in [0.25, 0.3) is 45.3 Å². The van der Waals surface area contributed by atoms with Crippen LogP contribution in [0.5, 0.6) is 0 Å². The van der Waals surface area contributed by atoms with E-state index < -0.39 is 6.09 Å². The minimum atomic E-state index is -0.399. The Morgan fingerprint density at radius 3 is 1.32 bits per heavy atom. The largest absolute Gasteiger partial charge is 0.446 e. The van der Waals surface area contributed by atoms with Crippen molar-refractivity contribution in [2.75, 3.05) is 17.2 Å². The number of aromatic nitrogens is 6. The van der Waals surface area contributed by atoms with Gasteiger partial charge in [0.15, 0.2) is 0 Å². The van der Waals surface area contributed by atoms with Crippen LogP contribution in [0.2, 0.25) is 0 Å². The predicted octanol–water partition coefficient (Wildman–Crippen LogP) is 22.9. The molecule has 10 aromatic carbocycles. The van der Waals surface area contributed by atoms with Crippen LogP contribution in [0, 0.1) is 24.7 Å². The second-order valence-corrected chi connectivity index (χ2v) is 32.2. The zero-order valence-corrected chi connectivity index (χ0v) is 71.5. The van der Waals surface area contributed by atoms with Gasteiger partial charge in [0.2, 0.25) is 11.6 Å². The van der Waals surface area contributed by atoms with Crippen molar-refractivity contribution in [3.63, 3.8) is 0 Å². The highest BCUT2D eigenvalue weighted by molar-refractivity contribution is 6.20. The summed E-state index contributed by atoms with van der Waals surface area (Å²) in [4.78, 5) is 24.7. The molecular formula is C105H114N16O4. The molecule has 2 aliphatic heterocycles. The molecule has 6 aliphatic rings. The summed E-state index contributed by atoms with van der Waals surface area (Å²) in [6.45, 7) is 2.98. The van der Waals surface area contributed by atoms with Crippen LogP contribution in [0.4, 0.5) is 26.7 Å². The number of hydrogen-bond donors (Lipinski definition) is 6. The zero-order chi connectivity index (χ0) is 85.3. The van der Waals surface area contributed by atoms with Crippen LogP contribution in [0.15, 0.2) is 323 Å². The lowest BCUT2D eigenvalue weighted by Gasteiger charge is -2.38. The van der Waals surface area contributed by atoms with Crippen molar-refractivity contribution in [1.29, 1.82) is 0 Å². The second-order valence-electron chi connectivity index (χ2n) is 32.2. The number of amides is 2. The standard InChI is InChI=1S/C30H32N4O2.2C22H23N3.C16H21NO2.C15H12N4.H3N/c31-24-18-16-23(17-19-24)29-27-25(28(33-34-29)22-12-6-2-7-13-22)14-8-3-9-15-26(27)36-30(35)32-20-21-10-4-1-5-11-21;2*23-18-14-12-17(13-15-18)22-20-11-7-2-1-6-10-19(20)21(24-25-22)16-8-4-3-5-9-16;18-16(17-13-14-9-5-4-6-10-14)19-15-11-7-2-1-3-8-12-15;1-11-7-9-13(10-8-11)15-18-16-14(17-19-15)12-5-3-2-4-6-12;/h1-2,4-7,10-13,16-19,25-27H,3,8-9,14-15,20,31H2,(H,32,35);3-5,8-9,12-15H,1-2,6-7,10-11,23H2;3-5,8-9,11-15,19H,1-2,6-7,10,23H2;4-7,9-11,15H,1-3,8,12-13H2,(H,17,18);2-10H,1H3;1H3/b;;;11-7+;;. The van der Waals surface area contributed by atoms with Crippen molar-refractivity contribution in [2.24, 2.45) is 38.2 Å². The third kappa shape index (κ3) is 25.5. The van der Waals surface area contributed by atoms with Gasteiger partial charge in [-0.2, -0.15) is 15.3 Å². The first-order chi connectivity index (χ1) is 61.0. The molecule has 4 aliphatic carbocycles. The number of nitrogens with one attached hydrogen (secondary N) is 2. The smallest absolute Gasteiger partial charge is 0.407 e. The number of benzene rings is 10. The topological polar surface area (TPSA) is 316 Å². The summed E-state index contributed by atoms with van der Waals surface area (Å²) in [6, 6.07) is 92.2. The van der Waals surface area contributed by atoms with Crippen molar-refractivity contribution in [3.8, 4) is 45.3 Å². The van der Waals surface area contributed by atoms with E-state index in [-0.39, 0.29) is 36.3 Å². The van der Waals surface area contributed by atoms with Gasteiger partial charge in [-0.05, 0) is 184 Å². The third-order valence-electron chi connectivity index (χ3n) is 23.2. The molecule has 12 aromatic rings. The van der Waals surface area contributed by atoms with Crippen molar-refractivity contribution >= 4 is 52.1 Å². The highest BCUT2D eigenvalue weighted by Crippen LogP contribution is 2.40. The van der Waals surface area contributed by atoms with Crippen LogP contribution < -0.4 is 34.0 Å². The van der Waals surface area contributed by atoms with Gasteiger partial charge >= 0.3 is 12.2 Å². The van der Waals surface area contributed by atoms with E-state index in [1.807, 2.05) is 219 Å². The number of nitrogens with zero attached hydrogens (tertiary/aromatic N) is 10. The fourth-order valence-electron chi connectivity index (χ4n) is 16.7. The quantitative estimate of drug-likeness (QED) is 0.0436. The molecule has 5 unspecified atom stereocenters. The van der Waals surface area contributed by atoms with Gasteiger partial charge < -0.3 is 43.5 Å². The fourth-order valence-corrected chi connectivity index (χ4v) is 16.7. The Morgan fingerprint density at radius 2 is 0.768 bits per heavy atom. The Kier molecular flexibility index (Phi) is 33.1. The average molecular weight is 1660 g/mol. The first-order valence-corrected chi connectivity index (χ1v) is 44.0. The lowest BCUT2D eigenvalue weighted by molar-refractivity contribution is 0.0577. The number of nitrogen functional groups attached to an aromatic ring is 3. The molecule has 1 fully saturated rings.